The summed E-state index contributed by atoms with van der Waals surface area (Å²) in [6, 6.07) is 22.0. The van der Waals surface area contributed by atoms with Crippen LogP contribution in [0.25, 0.3) is 10.9 Å². The maximum Gasteiger partial charge on any atom is 0.258 e. The molecule has 0 spiro atoms. The molecule has 8 rings (SSSR count). The largest absolute Gasteiger partial charge is 0.488 e. The van der Waals surface area contributed by atoms with Crippen LogP contribution in [0, 0.1) is 6.92 Å². The Balaban J connectivity index is 1.20. The van der Waals surface area contributed by atoms with Crippen molar-refractivity contribution in [3.63, 3.8) is 0 Å². The third-order valence-corrected chi connectivity index (χ3v) is 8.62. The summed E-state index contributed by atoms with van der Waals surface area (Å²) < 4.78 is 12.2. The predicted octanol–water partition coefficient (Wildman–Crippen LogP) is 4.52. The summed E-state index contributed by atoms with van der Waals surface area (Å²) >= 11 is 0. The third kappa shape index (κ3) is 5.82. The number of aromatic nitrogens is 1. The third-order valence-electron chi connectivity index (χ3n) is 8.62. The van der Waals surface area contributed by atoms with Crippen LogP contribution in [0.15, 0.2) is 72.8 Å². The van der Waals surface area contributed by atoms with E-state index in [1.807, 2.05) is 66.4 Å². The van der Waals surface area contributed by atoms with Gasteiger partial charge in [0.05, 0.1) is 17.1 Å². The highest BCUT2D eigenvalue weighted by atomic mass is 16.5. The number of aryl methyl sites for hydroxylation is 1. The van der Waals surface area contributed by atoms with Gasteiger partial charge in [-0.2, -0.15) is 0 Å². The van der Waals surface area contributed by atoms with E-state index < -0.39 is 6.04 Å². The van der Waals surface area contributed by atoms with E-state index in [1.165, 1.54) is 0 Å². The summed E-state index contributed by atoms with van der Waals surface area (Å²) in [5.74, 6) is 0.886. The standard InChI is InChI=1S/C35H34N4O5/c1-21-6-9-24-16-32(21)43-20-33(40)36-18-22-7-12-25(13-8-22)44-31-14-15-39(19-30(31)38-34(24)41)35(42)27-17-29(23-10-11-23)37-28-5-3-2-4-26(27)28/h2-9,12-13,16-17,23,30-31H,10-11,14-15,18-20H2,1H3,(H,36,40)(H,38,41)/t30-,31-/m0/s1. The van der Waals surface area contributed by atoms with Crippen LogP contribution < -0.4 is 20.1 Å². The molecular weight excluding hydrogens is 556 g/mol. The van der Waals surface area contributed by atoms with E-state index in [0.717, 1.165) is 40.6 Å². The number of hydrogen-bond donors (Lipinski definition) is 2. The van der Waals surface area contributed by atoms with Crippen molar-refractivity contribution in [2.24, 2.45) is 0 Å². The van der Waals surface area contributed by atoms with Crippen molar-refractivity contribution in [1.82, 2.24) is 20.5 Å². The lowest BCUT2D eigenvalue weighted by atomic mass is 9.98. The smallest absolute Gasteiger partial charge is 0.258 e. The molecule has 4 heterocycles. The molecule has 3 amide bonds. The number of pyridine rings is 1. The molecule has 1 saturated carbocycles. The van der Waals surface area contributed by atoms with Crippen molar-refractivity contribution in [2.75, 3.05) is 19.7 Å². The van der Waals surface area contributed by atoms with Crippen molar-refractivity contribution in [1.29, 1.82) is 0 Å². The molecule has 1 saturated heterocycles. The van der Waals surface area contributed by atoms with Gasteiger partial charge in [-0.05, 0) is 67.3 Å². The number of amides is 3. The lowest BCUT2D eigenvalue weighted by molar-refractivity contribution is -0.123. The molecule has 2 atom stereocenters. The summed E-state index contributed by atoms with van der Waals surface area (Å²) in [5, 5.41) is 6.84. The molecule has 224 valence electrons. The molecule has 4 aliphatic rings. The molecule has 9 heteroatoms. The Hall–Kier alpha value is -4.92. The fraction of sp³-hybridized carbons (Fsp3) is 0.314. The summed E-state index contributed by atoms with van der Waals surface area (Å²) in [5.41, 5.74) is 4.57. The highest BCUT2D eigenvalue weighted by molar-refractivity contribution is 6.06. The van der Waals surface area contributed by atoms with Crippen molar-refractivity contribution in [2.45, 2.75) is 50.8 Å². The second kappa shape index (κ2) is 11.6. The minimum absolute atomic E-state index is 0.0749. The summed E-state index contributed by atoms with van der Waals surface area (Å²) in [7, 11) is 0. The van der Waals surface area contributed by atoms with Gasteiger partial charge in [0.2, 0.25) is 0 Å². The zero-order valence-electron chi connectivity index (χ0n) is 24.5. The monoisotopic (exact) mass is 590 g/mol. The van der Waals surface area contributed by atoms with Gasteiger partial charge in [0.25, 0.3) is 17.7 Å². The van der Waals surface area contributed by atoms with Crippen molar-refractivity contribution in [3.05, 3.63) is 101 Å². The molecule has 44 heavy (non-hydrogen) atoms. The number of piperidine rings is 1. The molecule has 2 fully saturated rings. The molecule has 9 nitrogen and oxygen atoms in total. The van der Waals surface area contributed by atoms with Crippen molar-refractivity contribution in [3.8, 4) is 11.5 Å². The van der Waals surface area contributed by atoms with Crippen LogP contribution in [-0.4, -0.2) is 59.4 Å². The first-order valence-corrected chi connectivity index (χ1v) is 15.2. The van der Waals surface area contributed by atoms with Crippen LogP contribution in [-0.2, 0) is 11.3 Å². The van der Waals surface area contributed by atoms with Gasteiger partial charge >= 0.3 is 0 Å². The fourth-order valence-corrected chi connectivity index (χ4v) is 5.93. The molecule has 1 aliphatic carbocycles. The predicted molar refractivity (Wildman–Crippen MR) is 165 cm³/mol. The van der Waals surface area contributed by atoms with Gasteiger partial charge in [0, 0.05) is 48.6 Å². The van der Waals surface area contributed by atoms with Crippen LogP contribution in [0.2, 0.25) is 0 Å². The Bertz CT molecular complexity index is 1750. The Morgan fingerprint density at radius 1 is 0.977 bits per heavy atom. The number of para-hydroxylation sites is 1. The van der Waals surface area contributed by atoms with Gasteiger partial charge in [0.15, 0.2) is 6.61 Å². The van der Waals surface area contributed by atoms with Gasteiger partial charge < -0.3 is 25.0 Å². The first-order chi connectivity index (χ1) is 21.4. The number of likely N-dealkylation sites (tertiary alicyclic amines) is 1. The average Bonchev–Trinajstić information content (AvgIpc) is 3.89. The van der Waals surface area contributed by atoms with E-state index in [2.05, 4.69) is 10.6 Å². The van der Waals surface area contributed by atoms with E-state index in [4.69, 9.17) is 14.5 Å². The average molecular weight is 591 g/mol. The molecule has 3 aromatic carbocycles. The molecule has 1 aromatic heterocycles. The van der Waals surface area contributed by atoms with Gasteiger partial charge in [-0.15, -0.1) is 0 Å². The number of hydrogen-bond acceptors (Lipinski definition) is 6. The van der Waals surface area contributed by atoms with Crippen LogP contribution in [0.3, 0.4) is 0 Å². The number of rotatable bonds is 2. The Morgan fingerprint density at radius 3 is 2.61 bits per heavy atom. The molecule has 0 unspecified atom stereocenters. The van der Waals surface area contributed by atoms with Crippen molar-refractivity contribution < 1.29 is 23.9 Å². The molecule has 2 N–H and O–H groups in total. The second-order valence-electron chi connectivity index (χ2n) is 11.9. The highest BCUT2D eigenvalue weighted by Gasteiger charge is 2.36. The number of carbonyl (C=O) groups is 3. The van der Waals surface area contributed by atoms with Crippen LogP contribution >= 0.6 is 0 Å². The number of nitrogens with zero attached hydrogens (tertiary/aromatic N) is 2. The molecular formula is C35H34N4O5. The second-order valence-corrected chi connectivity index (χ2v) is 11.9. The SMILES string of the molecule is Cc1ccc2cc1OCC(=O)NCc1ccc(cc1)O[C@H]1CCN(C(=O)c3cc(C4CC4)nc4ccccc34)C[C@@H]1NC2=O. The lowest BCUT2D eigenvalue weighted by Crippen LogP contribution is -2.58. The summed E-state index contributed by atoms with van der Waals surface area (Å²) in [6.07, 6.45) is 2.36. The van der Waals surface area contributed by atoms with Crippen LogP contribution in [0.1, 0.15) is 62.7 Å². The van der Waals surface area contributed by atoms with E-state index in [9.17, 15) is 14.4 Å². The Morgan fingerprint density at radius 2 is 1.80 bits per heavy atom. The number of ether oxygens (including phenoxy) is 2. The first kappa shape index (κ1) is 27.9. The topological polar surface area (TPSA) is 110 Å². The molecule has 4 bridgehead atoms. The number of nitrogens with one attached hydrogen (secondary N) is 2. The summed E-state index contributed by atoms with van der Waals surface area (Å²) in [6.45, 7) is 2.83. The quantitative estimate of drug-likeness (QED) is 0.355. The normalized spacial score (nSPS) is 20.5. The van der Waals surface area contributed by atoms with E-state index in [0.29, 0.717) is 48.1 Å². The fourth-order valence-electron chi connectivity index (χ4n) is 5.93. The van der Waals surface area contributed by atoms with Gasteiger partial charge in [-0.1, -0.05) is 36.4 Å². The van der Waals surface area contributed by atoms with E-state index >= 15 is 0 Å². The Kier molecular flexibility index (Phi) is 7.37. The minimum Gasteiger partial charge on any atom is -0.488 e. The van der Waals surface area contributed by atoms with Gasteiger partial charge in [0.1, 0.15) is 17.6 Å². The minimum atomic E-state index is -0.472. The lowest BCUT2D eigenvalue weighted by Gasteiger charge is -2.39. The van der Waals surface area contributed by atoms with Crippen molar-refractivity contribution >= 4 is 28.6 Å². The van der Waals surface area contributed by atoms with Crippen LogP contribution in [0.4, 0.5) is 0 Å². The maximum atomic E-state index is 14.1. The maximum absolute atomic E-state index is 14.1. The molecule has 0 radical (unpaired) electrons. The summed E-state index contributed by atoms with van der Waals surface area (Å²) in [4.78, 5) is 46.8. The van der Waals surface area contributed by atoms with Crippen LogP contribution in [0.5, 0.6) is 11.5 Å². The molecule has 4 aromatic rings. The van der Waals surface area contributed by atoms with E-state index in [1.54, 1.807) is 18.2 Å². The van der Waals surface area contributed by atoms with Gasteiger partial charge in [-0.3, -0.25) is 19.4 Å². The van der Waals surface area contributed by atoms with Gasteiger partial charge in [-0.25, -0.2) is 0 Å². The first-order valence-electron chi connectivity index (χ1n) is 15.2. The Labute approximate surface area is 255 Å². The molecule has 3 aliphatic heterocycles. The zero-order valence-corrected chi connectivity index (χ0v) is 24.5. The number of benzene rings is 3. The number of fused-ring (bicyclic) bond motifs is 8. The highest BCUT2D eigenvalue weighted by Crippen LogP contribution is 2.40. The zero-order chi connectivity index (χ0) is 30.2. The number of carbonyl (C=O) groups excluding carboxylic acids is 3. The van der Waals surface area contributed by atoms with E-state index in [-0.39, 0.29) is 37.0 Å².